The van der Waals surface area contributed by atoms with Gasteiger partial charge in [-0.2, -0.15) is 0 Å². The van der Waals surface area contributed by atoms with Crippen LogP contribution in [0.15, 0.2) is 91.0 Å². The zero-order valence-electron chi connectivity index (χ0n) is 17.1. The number of benzene rings is 3. The summed E-state index contributed by atoms with van der Waals surface area (Å²) in [6.45, 7) is 8.04. The van der Waals surface area contributed by atoms with Crippen molar-refractivity contribution in [2.24, 2.45) is 0 Å². The fraction of sp³-hybridized carbons (Fsp3) is 0.250. The fourth-order valence-corrected chi connectivity index (χ4v) is 8.27. The van der Waals surface area contributed by atoms with Gasteiger partial charge in [-0.3, -0.25) is 0 Å². The zero-order chi connectivity index (χ0) is 20.0. The van der Waals surface area contributed by atoms with E-state index in [2.05, 4.69) is 91.0 Å². The predicted octanol–water partition coefficient (Wildman–Crippen LogP) is 3.33. The van der Waals surface area contributed by atoms with Crippen LogP contribution in [0.4, 0.5) is 0 Å². The topological polar surface area (TPSA) is 18.5 Å². The van der Waals surface area contributed by atoms with E-state index >= 15 is 0 Å². The van der Waals surface area contributed by atoms with Crippen LogP contribution in [0.3, 0.4) is 0 Å². The van der Waals surface area contributed by atoms with Gasteiger partial charge in [0.25, 0.3) is 0 Å². The monoisotopic (exact) mass is 432 g/mol. The van der Waals surface area contributed by atoms with Crippen LogP contribution >= 0.6 is 0 Å². The second-order valence-electron chi connectivity index (χ2n) is 7.83. The summed E-state index contributed by atoms with van der Waals surface area (Å²) in [7, 11) is 1.42. The number of rotatable bonds is 3. The summed E-state index contributed by atoms with van der Waals surface area (Å²) in [6.07, 6.45) is 0. The van der Waals surface area contributed by atoms with E-state index in [1.807, 2.05) is 27.7 Å². The zero-order valence-corrected chi connectivity index (χ0v) is 19.2. The molecular formula is C24H27BGeO2. The molecular weight excluding hydrogens is 404 g/mol. The molecule has 1 aliphatic rings. The first kappa shape index (κ1) is 20.9. The van der Waals surface area contributed by atoms with Crippen molar-refractivity contribution in [1.82, 2.24) is 0 Å². The van der Waals surface area contributed by atoms with Crippen molar-refractivity contribution in [2.75, 3.05) is 0 Å². The van der Waals surface area contributed by atoms with Crippen molar-refractivity contribution >= 4 is 35.2 Å². The van der Waals surface area contributed by atoms with E-state index in [1.54, 1.807) is 0 Å². The van der Waals surface area contributed by atoms with Crippen molar-refractivity contribution in [1.29, 1.82) is 0 Å². The quantitative estimate of drug-likeness (QED) is 0.593. The van der Waals surface area contributed by atoms with Gasteiger partial charge in [0.2, 0.25) is 0 Å². The van der Waals surface area contributed by atoms with Gasteiger partial charge in [-0.15, -0.1) is 0 Å². The third-order valence-corrected chi connectivity index (χ3v) is 11.1. The molecule has 1 aliphatic heterocycles. The second-order valence-corrected chi connectivity index (χ2v) is 13.0. The van der Waals surface area contributed by atoms with E-state index in [0.717, 1.165) is 0 Å². The first-order chi connectivity index (χ1) is 13.4. The molecule has 1 fully saturated rings. The van der Waals surface area contributed by atoms with Crippen molar-refractivity contribution in [2.45, 2.75) is 38.9 Å². The van der Waals surface area contributed by atoms with Gasteiger partial charge >= 0.3 is 126 Å². The second kappa shape index (κ2) is 9.12. The van der Waals surface area contributed by atoms with Crippen LogP contribution in [0.5, 0.6) is 0 Å². The minimum atomic E-state index is -1.63. The van der Waals surface area contributed by atoms with Crippen LogP contribution in [0, 0.1) is 0 Å². The van der Waals surface area contributed by atoms with Crippen LogP contribution in [0.1, 0.15) is 27.7 Å². The van der Waals surface area contributed by atoms with Gasteiger partial charge in [-0.05, 0) is 27.7 Å². The maximum absolute atomic E-state index is 5.21. The third-order valence-electron chi connectivity index (χ3n) is 5.32. The van der Waals surface area contributed by atoms with Crippen LogP contribution in [-0.4, -0.2) is 33.2 Å². The molecule has 0 atom stereocenters. The summed E-state index contributed by atoms with van der Waals surface area (Å²) in [4.78, 5) is 0. The Kier molecular flexibility index (Phi) is 6.81. The summed E-state index contributed by atoms with van der Waals surface area (Å²) in [6, 6.07) is 32.8. The molecule has 0 aromatic heterocycles. The van der Waals surface area contributed by atoms with E-state index in [9.17, 15) is 0 Å². The first-order valence-electron chi connectivity index (χ1n) is 9.61. The van der Waals surface area contributed by atoms with E-state index in [1.165, 1.54) is 20.9 Å². The molecule has 2 nitrogen and oxygen atoms in total. The van der Waals surface area contributed by atoms with Gasteiger partial charge < -0.3 is 9.31 Å². The Hall–Kier alpha value is -1.81. The summed E-state index contributed by atoms with van der Waals surface area (Å²) in [5.74, 6) is 0. The molecule has 142 valence electrons. The normalized spacial score (nSPS) is 16.8. The molecule has 0 unspecified atom stereocenters. The average molecular weight is 431 g/mol. The van der Waals surface area contributed by atoms with Crippen molar-refractivity contribution < 1.29 is 9.31 Å². The summed E-state index contributed by atoms with van der Waals surface area (Å²) in [5.41, 5.74) is -0.375. The Labute approximate surface area is 174 Å². The molecule has 1 saturated heterocycles. The predicted molar refractivity (Wildman–Crippen MR) is 120 cm³/mol. The Balaban J connectivity index is 0.000000211. The van der Waals surface area contributed by atoms with Crippen LogP contribution < -0.4 is 13.2 Å². The molecule has 0 amide bonds. The van der Waals surface area contributed by atoms with Crippen molar-refractivity contribution in [3.05, 3.63) is 91.0 Å². The van der Waals surface area contributed by atoms with Crippen molar-refractivity contribution in [3.8, 4) is 0 Å². The van der Waals surface area contributed by atoms with E-state index in [0.29, 0.717) is 0 Å². The molecule has 2 radical (unpaired) electrons. The van der Waals surface area contributed by atoms with Crippen molar-refractivity contribution in [3.63, 3.8) is 0 Å². The maximum atomic E-state index is 5.21. The number of hydrogen-bond acceptors (Lipinski definition) is 2. The molecule has 4 heteroatoms. The molecule has 0 saturated carbocycles. The van der Waals surface area contributed by atoms with Gasteiger partial charge in [-0.25, -0.2) is 0 Å². The van der Waals surface area contributed by atoms with Gasteiger partial charge in [0.15, 0.2) is 0 Å². The molecule has 3 aromatic carbocycles. The van der Waals surface area contributed by atoms with E-state index in [-0.39, 0.29) is 11.2 Å². The molecule has 28 heavy (non-hydrogen) atoms. The third kappa shape index (κ3) is 4.96. The Bertz CT molecular complexity index is 744. The molecule has 0 bridgehead atoms. The number of hydrogen-bond donors (Lipinski definition) is 0. The van der Waals surface area contributed by atoms with Crippen LogP contribution in [0.2, 0.25) is 0 Å². The Morgan fingerprint density at radius 3 is 1.04 bits per heavy atom. The first-order valence-corrected chi connectivity index (χ1v) is 12.8. The van der Waals surface area contributed by atoms with Gasteiger partial charge in [0.05, 0.1) is 11.2 Å². The van der Waals surface area contributed by atoms with Gasteiger partial charge in [-0.1, -0.05) is 0 Å². The standard InChI is InChI=1S/C18H15Ge.C6H12BO2/c1-4-10-16(11-5-1)19(17-12-6-2-7-13-17)18-14-8-3-9-15-18;1-5(2)6(3,4)9-7-8-5/h1-15H;1-4H3. The fourth-order valence-electron chi connectivity index (χ4n) is 2.86. The summed E-state index contributed by atoms with van der Waals surface area (Å²) < 4.78 is 14.9. The Morgan fingerprint density at radius 1 is 0.536 bits per heavy atom. The van der Waals surface area contributed by atoms with Crippen LogP contribution in [0.25, 0.3) is 0 Å². The SMILES string of the molecule is CC1(C)O[B]OC1(C)C.c1cc[c]([Ge]([c]2ccccc2)[c]2ccccc2)cc1. The molecule has 0 spiro atoms. The van der Waals surface area contributed by atoms with E-state index < -0.39 is 14.3 Å². The van der Waals surface area contributed by atoms with Gasteiger partial charge in [0.1, 0.15) is 0 Å². The molecule has 4 rings (SSSR count). The summed E-state index contributed by atoms with van der Waals surface area (Å²) in [5, 5.41) is 0. The van der Waals surface area contributed by atoms with Crippen LogP contribution in [-0.2, 0) is 9.31 Å². The summed E-state index contributed by atoms with van der Waals surface area (Å²) >= 11 is -1.63. The minimum absolute atomic E-state index is 0.187. The average Bonchev–Trinajstić information content (AvgIpc) is 2.96. The molecule has 0 aliphatic carbocycles. The molecule has 3 aromatic rings. The molecule has 0 N–H and O–H groups in total. The van der Waals surface area contributed by atoms with E-state index in [4.69, 9.17) is 9.31 Å². The van der Waals surface area contributed by atoms with Gasteiger partial charge in [0, 0.05) is 0 Å². The molecule has 1 heterocycles. The Morgan fingerprint density at radius 2 is 0.821 bits per heavy atom.